The van der Waals surface area contributed by atoms with Crippen LogP contribution >= 0.6 is 0 Å². The Morgan fingerprint density at radius 2 is 0.761 bits per heavy atom. The Labute approximate surface area is 418 Å². The molecule has 0 aliphatic carbocycles. The van der Waals surface area contributed by atoms with Crippen molar-refractivity contribution in [2.75, 3.05) is 13.2 Å². The molecule has 1 amide bonds. The number of carbonyl (C=O) groups is 2. The zero-order valence-electron chi connectivity index (χ0n) is 45.1. The maximum atomic E-state index is 12.5. The number of amides is 1. The maximum absolute atomic E-state index is 12.5. The van der Waals surface area contributed by atoms with E-state index in [1.165, 1.54) is 225 Å². The lowest BCUT2D eigenvalue weighted by Crippen LogP contribution is -2.45. The van der Waals surface area contributed by atoms with Crippen LogP contribution < -0.4 is 5.32 Å². The van der Waals surface area contributed by atoms with Crippen molar-refractivity contribution in [1.29, 1.82) is 0 Å². The van der Waals surface area contributed by atoms with Gasteiger partial charge in [0.2, 0.25) is 5.91 Å². The summed E-state index contributed by atoms with van der Waals surface area (Å²) in [6.07, 6.45) is 68.9. The molecule has 0 aliphatic rings. The van der Waals surface area contributed by atoms with Crippen LogP contribution in [0.25, 0.3) is 0 Å². The average molecular weight is 945 g/mol. The zero-order valence-corrected chi connectivity index (χ0v) is 45.1. The van der Waals surface area contributed by atoms with Crippen LogP contribution in [-0.2, 0) is 14.3 Å². The minimum absolute atomic E-state index is 0.0228. The number of nitrogens with one attached hydrogen (secondary N) is 1. The predicted molar refractivity (Wildman–Crippen MR) is 292 cm³/mol. The van der Waals surface area contributed by atoms with Gasteiger partial charge in [-0.2, -0.15) is 0 Å². The van der Waals surface area contributed by atoms with Crippen molar-refractivity contribution in [1.82, 2.24) is 5.32 Å². The quantitative estimate of drug-likeness (QED) is 0.0321. The van der Waals surface area contributed by atoms with E-state index >= 15 is 0 Å². The molecule has 396 valence electrons. The normalized spacial score (nSPS) is 12.7. The van der Waals surface area contributed by atoms with Crippen molar-refractivity contribution < 1.29 is 24.5 Å². The molecule has 0 rings (SSSR count). The Balaban J connectivity index is 3.45. The summed E-state index contributed by atoms with van der Waals surface area (Å²) in [6.45, 7) is 4.89. The Kier molecular flexibility index (Phi) is 55.5. The highest BCUT2D eigenvalue weighted by Crippen LogP contribution is 2.18. The Hall–Kier alpha value is -1.66. The van der Waals surface area contributed by atoms with Gasteiger partial charge < -0.3 is 20.3 Å². The highest BCUT2D eigenvalue weighted by Gasteiger charge is 2.20. The summed E-state index contributed by atoms with van der Waals surface area (Å²) >= 11 is 0. The van der Waals surface area contributed by atoms with Gasteiger partial charge in [0.25, 0.3) is 0 Å². The molecule has 2 atom stereocenters. The molecule has 0 saturated heterocycles. The third kappa shape index (κ3) is 53.5. The molecule has 6 nitrogen and oxygen atoms in total. The fourth-order valence-electron chi connectivity index (χ4n) is 9.36. The summed E-state index contributed by atoms with van der Waals surface area (Å²) in [5.41, 5.74) is 0. The summed E-state index contributed by atoms with van der Waals surface area (Å²) in [6, 6.07) is -0.555. The van der Waals surface area contributed by atoms with E-state index in [1.807, 2.05) is 0 Å². The van der Waals surface area contributed by atoms with Gasteiger partial charge in [-0.1, -0.05) is 289 Å². The van der Waals surface area contributed by atoms with Gasteiger partial charge in [-0.05, 0) is 51.4 Å². The number of allylic oxidation sites excluding steroid dienone is 4. The summed E-state index contributed by atoms with van der Waals surface area (Å²) in [5, 5.41) is 23.4. The molecule has 0 heterocycles. The van der Waals surface area contributed by atoms with Gasteiger partial charge in [-0.3, -0.25) is 9.59 Å². The van der Waals surface area contributed by atoms with Crippen LogP contribution in [-0.4, -0.2) is 47.4 Å². The van der Waals surface area contributed by atoms with E-state index in [4.69, 9.17) is 4.74 Å². The maximum Gasteiger partial charge on any atom is 0.305 e. The predicted octanol–water partition coefficient (Wildman–Crippen LogP) is 18.6. The highest BCUT2D eigenvalue weighted by atomic mass is 16.5. The molecule has 0 bridgehead atoms. The van der Waals surface area contributed by atoms with Crippen molar-refractivity contribution >= 4 is 11.9 Å². The first-order valence-corrected chi connectivity index (χ1v) is 30.1. The van der Waals surface area contributed by atoms with Crippen LogP contribution in [0.3, 0.4) is 0 Å². The van der Waals surface area contributed by atoms with Crippen molar-refractivity contribution in [3.63, 3.8) is 0 Å². The number of hydrogen-bond acceptors (Lipinski definition) is 5. The summed E-state index contributed by atoms with van der Waals surface area (Å²) in [7, 11) is 0. The van der Waals surface area contributed by atoms with Gasteiger partial charge in [-0.25, -0.2) is 0 Å². The zero-order chi connectivity index (χ0) is 48.6. The lowest BCUT2D eigenvalue weighted by atomic mass is 10.0. The number of esters is 1. The van der Waals surface area contributed by atoms with Crippen LogP contribution in [0.4, 0.5) is 0 Å². The third-order valence-electron chi connectivity index (χ3n) is 14.0. The van der Waals surface area contributed by atoms with Crippen molar-refractivity contribution in [2.45, 2.75) is 341 Å². The number of ether oxygens (including phenoxy) is 1. The van der Waals surface area contributed by atoms with Gasteiger partial charge in [-0.15, -0.1) is 0 Å². The van der Waals surface area contributed by atoms with Crippen molar-refractivity contribution in [2.24, 2.45) is 0 Å². The molecule has 0 radical (unpaired) electrons. The van der Waals surface area contributed by atoms with Crippen LogP contribution in [0.15, 0.2) is 24.3 Å². The average Bonchev–Trinajstić information content (AvgIpc) is 3.33. The highest BCUT2D eigenvalue weighted by molar-refractivity contribution is 5.76. The lowest BCUT2D eigenvalue weighted by Gasteiger charge is -2.22. The number of hydrogen-bond donors (Lipinski definition) is 3. The van der Waals surface area contributed by atoms with E-state index in [0.717, 1.165) is 70.6 Å². The molecule has 67 heavy (non-hydrogen) atoms. The number of aliphatic hydroxyl groups excluding tert-OH is 2. The minimum atomic E-state index is -0.677. The molecule has 0 aromatic carbocycles. The lowest BCUT2D eigenvalue weighted by molar-refractivity contribution is -0.143. The van der Waals surface area contributed by atoms with E-state index < -0.39 is 12.1 Å². The molecule has 6 heteroatoms. The molecular weight excluding hydrogens is 827 g/mol. The number of rotatable bonds is 56. The van der Waals surface area contributed by atoms with E-state index in [-0.39, 0.29) is 18.5 Å². The second-order valence-electron chi connectivity index (χ2n) is 20.7. The molecule has 2 unspecified atom stereocenters. The summed E-state index contributed by atoms with van der Waals surface area (Å²) < 4.78 is 5.46. The molecule has 0 aromatic rings. The van der Waals surface area contributed by atoms with E-state index in [0.29, 0.717) is 25.9 Å². The van der Waals surface area contributed by atoms with Gasteiger partial charge in [0.05, 0.1) is 25.4 Å². The number of unbranched alkanes of at least 4 members (excludes halogenated alkanes) is 41. The Morgan fingerprint density at radius 1 is 0.418 bits per heavy atom. The van der Waals surface area contributed by atoms with E-state index in [2.05, 4.69) is 43.5 Å². The van der Waals surface area contributed by atoms with Gasteiger partial charge in [0, 0.05) is 12.8 Å². The first-order chi connectivity index (χ1) is 33.0. The first-order valence-electron chi connectivity index (χ1n) is 30.1. The van der Waals surface area contributed by atoms with Crippen molar-refractivity contribution in [3.05, 3.63) is 24.3 Å². The smallest absolute Gasteiger partial charge is 0.305 e. The largest absolute Gasteiger partial charge is 0.466 e. The second-order valence-corrected chi connectivity index (χ2v) is 20.7. The molecule has 0 fully saturated rings. The number of aliphatic hydroxyl groups is 2. The van der Waals surface area contributed by atoms with Crippen LogP contribution in [0, 0.1) is 0 Å². The topological polar surface area (TPSA) is 95.9 Å². The summed E-state index contributed by atoms with van der Waals surface area (Å²) in [4.78, 5) is 24.6. The van der Waals surface area contributed by atoms with E-state index in [1.54, 1.807) is 0 Å². The molecule has 0 saturated carbocycles. The molecule has 0 spiro atoms. The third-order valence-corrected chi connectivity index (χ3v) is 14.0. The Bertz CT molecular complexity index is 1040. The first kappa shape index (κ1) is 65.3. The molecule has 0 aliphatic heterocycles. The fraction of sp³-hybridized carbons (Fsp3) is 0.902. The standard InChI is InChI=1S/C61H117NO5/c1-3-5-7-9-11-13-15-17-19-20-21-22-23-24-25-26-27-28-29-33-37-41-45-49-53-59(64)58(57-63)62-60(65)54-50-46-42-38-34-31-32-36-40-44-48-52-56-67-61(66)55-51-47-43-39-35-30-18-16-14-12-10-8-6-4-2/h10,12,16,18,58-59,63-64H,3-9,11,13-15,17,19-57H2,1-2H3,(H,62,65)/b12-10-,18-16-. The van der Waals surface area contributed by atoms with E-state index in [9.17, 15) is 19.8 Å². The van der Waals surface area contributed by atoms with Crippen LogP contribution in [0.1, 0.15) is 328 Å². The van der Waals surface area contributed by atoms with Gasteiger partial charge in [0.15, 0.2) is 0 Å². The molecule has 3 N–H and O–H groups in total. The second kappa shape index (κ2) is 56.9. The minimum Gasteiger partial charge on any atom is -0.466 e. The van der Waals surface area contributed by atoms with Crippen LogP contribution in [0.5, 0.6) is 0 Å². The monoisotopic (exact) mass is 944 g/mol. The molecular formula is C61H117NO5. The fourth-order valence-corrected chi connectivity index (χ4v) is 9.36. The number of carbonyl (C=O) groups excluding carboxylic acids is 2. The molecule has 0 aromatic heterocycles. The van der Waals surface area contributed by atoms with Gasteiger partial charge in [0.1, 0.15) is 0 Å². The van der Waals surface area contributed by atoms with Crippen LogP contribution in [0.2, 0.25) is 0 Å². The Morgan fingerprint density at radius 3 is 1.18 bits per heavy atom. The summed E-state index contributed by atoms with van der Waals surface area (Å²) in [5.74, 6) is -0.0709. The van der Waals surface area contributed by atoms with Gasteiger partial charge >= 0.3 is 5.97 Å². The van der Waals surface area contributed by atoms with Crippen molar-refractivity contribution in [3.8, 4) is 0 Å². The SMILES string of the molecule is CCCC/C=C\C/C=C\CCCCCCCC(=O)OCCCCCCCCCCCCCCC(=O)NC(CO)C(O)CCCCCCCCCCCCCCCCCCCCCCCCCC.